The molecule has 4 rings (SSSR count). The lowest BCUT2D eigenvalue weighted by Crippen LogP contribution is -2.49. The highest BCUT2D eigenvalue weighted by molar-refractivity contribution is 5.88. The zero-order valence-electron chi connectivity index (χ0n) is 16.1. The molecule has 1 aliphatic rings. The molecule has 3 aromatic rings. The van der Waals surface area contributed by atoms with Crippen molar-refractivity contribution in [2.75, 3.05) is 32.7 Å². The van der Waals surface area contributed by atoms with Crippen molar-refractivity contribution in [1.29, 1.82) is 0 Å². The van der Waals surface area contributed by atoms with Gasteiger partial charge >= 0.3 is 0 Å². The van der Waals surface area contributed by atoms with Crippen LogP contribution in [0.3, 0.4) is 0 Å². The zero-order chi connectivity index (χ0) is 18.8. The largest absolute Gasteiger partial charge is 0.361 e. The van der Waals surface area contributed by atoms with Crippen molar-refractivity contribution in [1.82, 2.24) is 24.6 Å². The van der Waals surface area contributed by atoms with Crippen LogP contribution >= 0.6 is 0 Å². The first-order valence-corrected chi connectivity index (χ1v) is 9.66. The summed E-state index contributed by atoms with van der Waals surface area (Å²) in [7, 11) is 0. The summed E-state index contributed by atoms with van der Waals surface area (Å²) in [6, 6.07) is 10.3. The summed E-state index contributed by atoms with van der Waals surface area (Å²) in [5, 5.41) is 5.67. The molecule has 142 valence electrons. The lowest BCUT2D eigenvalue weighted by Gasteiger charge is -2.34. The number of H-pyrrole nitrogens is 1. The Morgan fingerprint density at radius 1 is 1.11 bits per heavy atom. The first-order valence-electron chi connectivity index (χ1n) is 9.66. The molecule has 0 radical (unpaired) electrons. The van der Waals surface area contributed by atoms with Crippen LogP contribution in [0, 0.1) is 13.8 Å². The van der Waals surface area contributed by atoms with E-state index in [2.05, 4.69) is 38.7 Å². The van der Waals surface area contributed by atoms with Gasteiger partial charge in [0.2, 0.25) is 5.91 Å². The van der Waals surface area contributed by atoms with Gasteiger partial charge in [0.25, 0.3) is 0 Å². The van der Waals surface area contributed by atoms with E-state index in [0.717, 1.165) is 61.4 Å². The fraction of sp³-hybridized carbons (Fsp3) is 0.429. The minimum Gasteiger partial charge on any atom is -0.361 e. The average Bonchev–Trinajstić information content (AvgIpc) is 3.23. The summed E-state index contributed by atoms with van der Waals surface area (Å²) in [5.41, 5.74) is 4.46. The third-order valence-electron chi connectivity index (χ3n) is 5.47. The molecule has 6 heteroatoms. The van der Waals surface area contributed by atoms with Crippen LogP contribution in [-0.2, 0) is 17.8 Å². The summed E-state index contributed by atoms with van der Waals surface area (Å²) in [6.45, 7) is 9.48. The Balaban J connectivity index is 1.28. The molecule has 0 bridgehead atoms. The van der Waals surface area contributed by atoms with Crippen LogP contribution in [0.4, 0.5) is 0 Å². The number of nitrogens with zero attached hydrogens (tertiary/aromatic N) is 4. The molecule has 27 heavy (non-hydrogen) atoms. The van der Waals surface area contributed by atoms with E-state index in [1.165, 1.54) is 5.69 Å². The number of carbonyl (C=O) groups is 1. The monoisotopic (exact) mass is 365 g/mol. The number of piperazine rings is 1. The van der Waals surface area contributed by atoms with Crippen LogP contribution in [0.5, 0.6) is 0 Å². The molecule has 1 saturated heterocycles. The van der Waals surface area contributed by atoms with Crippen LogP contribution in [0.15, 0.2) is 36.5 Å². The second kappa shape index (κ2) is 7.56. The van der Waals surface area contributed by atoms with Crippen LogP contribution in [0.2, 0.25) is 0 Å². The topological polar surface area (TPSA) is 57.2 Å². The molecular weight excluding hydrogens is 338 g/mol. The standard InChI is InChI=1S/C21H27N5O/c1-16-13-17(2)26(23-16)12-9-24-7-10-25(11-8-24)21(27)14-18-15-22-20-6-4-3-5-19(18)20/h3-6,13,15,22H,7-12,14H2,1-2H3. The molecule has 3 heterocycles. The van der Waals surface area contributed by atoms with Crippen molar-refractivity contribution in [3.05, 3.63) is 53.5 Å². The van der Waals surface area contributed by atoms with Crippen molar-refractivity contribution < 1.29 is 4.79 Å². The van der Waals surface area contributed by atoms with Crippen molar-refractivity contribution in [2.24, 2.45) is 0 Å². The molecule has 1 aromatic carbocycles. The van der Waals surface area contributed by atoms with Crippen LogP contribution < -0.4 is 0 Å². The number of hydrogen-bond acceptors (Lipinski definition) is 3. The molecular formula is C21H27N5O. The van der Waals surface area contributed by atoms with E-state index in [9.17, 15) is 4.79 Å². The maximum atomic E-state index is 12.7. The minimum absolute atomic E-state index is 0.220. The molecule has 1 aliphatic heterocycles. The number of fused-ring (bicyclic) bond motifs is 1. The molecule has 1 amide bonds. The van der Waals surface area contributed by atoms with Gasteiger partial charge in [0.1, 0.15) is 0 Å². The van der Waals surface area contributed by atoms with Gasteiger partial charge in [0.05, 0.1) is 18.7 Å². The summed E-state index contributed by atoms with van der Waals surface area (Å²) in [4.78, 5) is 20.4. The van der Waals surface area contributed by atoms with Gasteiger partial charge in [-0.05, 0) is 31.5 Å². The molecule has 1 fully saturated rings. The Kier molecular flexibility index (Phi) is 4.99. The molecule has 0 spiro atoms. The highest BCUT2D eigenvalue weighted by Gasteiger charge is 2.22. The van der Waals surface area contributed by atoms with Crippen molar-refractivity contribution in [2.45, 2.75) is 26.8 Å². The summed E-state index contributed by atoms with van der Waals surface area (Å²) in [6.07, 6.45) is 2.43. The highest BCUT2D eigenvalue weighted by Crippen LogP contribution is 2.19. The summed E-state index contributed by atoms with van der Waals surface area (Å²) >= 11 is 0. The number of benzene rings is 1. The Bertz CT molecular complexity index is 933. The first kappa shape index (κ1) is 17.8. The van der Waals surface area contributed by atoms with E-state index in [-0.39, 0.29) is 5.91 Å². The van der Waals surface area contributed by atoms with E-state index < -0.39 is 0 Å². The second-order valence-electron chi connectivity index (χ2n) is 7.41. The number of rotatable bonds is 5. The third kappa shape index (κ3) is 3.90. The normalized spacial score (nSPS) is 15.6. The average molecular weight is 365 g/mol. The van der Waals surface area contributed by atoms with Crippen molar-refractivity contribution in [3.8, 4) is 0 Å². The number of aryl methyl sites for hydroxylation is 2. The van der Waals surface area contributed by atoms with E-state index in [1.54, 1.807) is 0 Å². The maximum Gasteiger partial charge on any atom is 0.227 e. The van der Waals surface area contributed by atoms with E-state index in [4.69, 9.17) is 0 Å². The van der Waals surface area contributed by atoms with Gasteiger partial charge in [0.15, 0.2) is 0 Å². The molecule has 2 aromatic heterocycles. The predicted molar refractivity (Wildman–Crippen MR) is 107 cm³/mol. The van der Waals surface area contributed by atoms with E-state index >= 15 is 0 Å². The quantitative estimate of drug-likeness (QED) is 0.755. The Morgan fingerprint density at radius 3 is 2.63 bits per heavy atom. The lowest BCUT2D eigenvalue weighted by atomic mass is 10.1. The van der Waals surface area contributed by atoms with Crippen molar-refractivity contribution >= 4 is 16.8 Å². The number of aromatic amines is 1. The van der Waals surface area contributed by atoms with Crippen molar-refractivity contribution in [3.63, 3.8) is 0 Å². The predicted octanol–water partition coefficient (Wildman–Crippen LogP) is 2.37. The van der Waals surface area contributed by atoms with Gasteiger partial charge in [0, 0.05) is 55.5 Å². The number of para-hydroxylation sites is 1. The molecule has 0 saturated carbocycles. The van der Waals surface area contributed by atoms with E-state index in [0.29, 0.717) is 6.42 Å². The lowest BCUT2D eigenvalue weighted by molar-refractivity contribution is -0.132. The highest BCUT2D eigenvalue weighted by atomic mass is 16.2. The van der Waals surface area contributed by atoms with Gasteiger partial charge in [-0.3, -0.25) is 14.4 Å². The fourth-order valence-corrected chi connectivity index (χ4v) is 3.91. The van der Waals surface area contributed by atoms with Crippen LogP contribution in [0.25, 0.3) is 10.9 Å². The Morgan fingerprint density at radius 2 is 1.89 bits per heavy atom. The SMILES string of the molecule is Cc1cc(C)n(CCN2CCN(C(=O)Cc3c[nH]c4ccccc34)CC2)n1. The number of aromatic nitrogens is 3. The number of nitrogens with one attached hydrogen (secondary N) is 1. The number of hydrogen-bond donors (Lipinski definition) is 1. The van der Waals surface area contributed by atoms with Gasteiger partial charge in [-0.15, -0.1) is 0 Å². The van der Waals surface area contributed by atoms with E-state index in [1.807, 2.05) is 36.2 Å². The zero-order valence-corrected chi connectivity index (χ0v) is 16.1. The first-order chi connectivity index (χ1) is 13.1. The van der Waals surface area contributed by atoms with Gasteiger partial charge in [-0.2, -0.15) is 5.10 Å². The molecule has 0 aliphatic carbocycles. The minimum atomic E-state index is 0.220. The van der Waals surface area contributed by atoms with Gasteiger partial charge in [-0.25, -0.2) is 0 Å². The summed E-state index contributed by atoms with van der Waals surface area (Å²) < 4.78 is 2.07. The maximum absolute atomic E-state index is 12.7. The second-order valence-corrected chi connectivity index (χ2v) is 7.41. The Labute approximate surface area is 159 Å². The molecule has 6 nitrogen and oxygen atoms in total. The number of carbonyl (C=O) groups excluding carboxylic acids is 1. The Hall–Kier alpha value is -2.60. The third-order valence-corrected chi connectivity index (χ3v) is 5.47. The van der Waals surface area contributed by atoms with Gasteiger partial charge in [-0.1, -0.05) is 18.2 Å². The van der Waals surface area contributed by atoms with Gasteiger partial charge < -0.3 is 9.88 Å². The molecule has 0 atom stereocenters. The summed E-state index contributed by atoms with van der Waals surface area (Å²) in [5.74, 6) is 0.220. The fourth-order valence-electron chi connectivity index (χ4n) is 3.91. The van der Waals surface area contributed by atoms with Crippen LogP contribution in [0.1, 0.15) is 17.0 Å². The number of amides is 1. The van der Waals surface area contributed by atoms with Crippen LogP contribution in [-0.4, -0.2) is 63.2 Å². The smallest absolute Gasteiger partial charge is 0.227 e. The molecule has 0 unspecified atom stereocenters. The molecule has 1 N–H and O–H groups in total.